The van der Waals surface area contributed by atoms with Crippen LogP contribution in [0.3, 0.4) is 0 Å². The van der Waals surface area contributed by atoms with Crippen LogP contribution in [-0.2, 0) is 6.54 Å². The Bertz CT molecular complexity index is 319. The van der Waals surface area contributed by atoms with Crippen molar-refractivity contribution in [1.82, 2.24) is 4.90 Å². The number of rotatable bonds is 6. The lowest BCUT2D eigenvalue weighted by molar-refractivity contribution is 0.202. The molecule has 0 saturated carbocycles. The van der Waals surface area contributed by atoms with E-state index in [1.54, 1.807) is 11.3 Å². The maximum atomic E-state index is 7.44. The predicted molar refractivity (Wildman–Crippen MR) is 70.9 cm³/mol. The van der Waals surface area contributed by atoms with Crippen molar-refractivity contribution in [3.63, 3.8) is 0 Å². The maximum Gasteiger partial charge on any atom is 0.0947 e. The molecule has 1 rings (SSSR count). The smallest absolute Gasteiger partial charge is 0.0947 e. The Morgan fingerprint density at radius 3 is 2.62 bits per heavy atom. The van der Waals surface area contributed by atoms with E-state index in [2.05, 4.69) is 36.3 Å². The Hall–Kier alpha value is -0.870. The number of thiophene rings is 1. The molecule has 1 unspecified atom stereocenters. The summed E-state index contributed by atoms with van der Waals surface area (Å²) in [6.07, 6.45) is 0. The Morgan fingerprint density at radius 2 is 2.19 bits per heavy atom. The first kappa shape index (κ1) is 13.2. The van der Waals surface area contributed by atoms with Crippen LogP contribution in [0.1, 0.15) is 25.6 Å². The Morgan fingerprint density at radius 1 is 1.50 bits per heavy atom. The van der Waals surface area contributed by atoms with Crippen LogP contribution in [0.15, 0.2) is 17.5 Å². The largest absolute Gasteiger partial charge is 0.387 e. The number of nitrogens with zero attached hydrogens (tertiary/aromatic N) is 1. The summed E-state index contributed by atoms with van der Waals surface area (Å²) >= 11 is 1.78. The highest BCUT2D eigenvalue weighted by atomic mass is 32.1. The standard InChI is InChI=1S/C12H21N3S/c1-9(2)15(7-10(3)12(13)14)8-11-5-4-6-16-11/h4-6,9-10H,7-8H2,1-3H3,(H3,13,14). The lowest BCUT2D eigenvalue weighted by Crippen LogP contribution is -2.38. The van der Waals surface area contributed by atoms with Gasteiger partial charge in [-0.15, -0.1) is 11.3 Å². The molecule has 1 aromatic heterocycles. The quantitative estimate of drug-likeness (QED) is 0.592. The van der Waals surface area contributed by atoms with Crippen LogP contribution >= 0.6 is 11.3 Å². The van der Waals surface area contributed by atoms with Crippen molar-refractivity contribution in [2.24, 2.45) is 11.7 Å². The van der Waals surface area contributed by atoms with E-state index in [4.69, 9.17) is 11.1 Å². The highest BCUT2D eigenvalue weighted by Gasteiger charge is 2.15. The molecule has 0 aromatic carbocycles. The van der Waals surface area contributed by atoms with Gasteiger partial charge in [-0.25, -0.2) is 0 Å². The minimum atomic E-state index is 0.127. The summed E-state index contributed by atoms with van der Waals surface area (Å²) in [5, 5.41) is 9.54. The minimum absolute atomic E-state index is 0.127. The molecule has 1 atom stereocenters. The normalized spacial score (nSPS) is 13.3. The Kier molecular flexibility index (Phi) is 4.96. The highest BCUT2D eigenvalue weighted by Crippen LogP contribution is 2.15. The van der Waals surface area contributed by atoms with E-state index in [0.717, 1.165) is 13.1 Å². The molecule has 0 amide bonds. The molecule has 0 aliphatic carbocycles. The van der Waals surface area contributed by atoms with Crippen molar-refractivity contribution < 1.29 is 0 Å². The van der Waals surface area contributed by atoms with E-state index in [0.29, 0.717) is 6.04 Å². The highest BCUT2D eigenvalue weighted by molar-refractivity contribution is 7.09. The average Bonchev–Trinajstić information content (AvgIpc) is 2.68. The number of hydrogen-bond donors (Lipinski definition) is 2. The van der Waals surface area contributed by atoms with Crippen LogP contribution < -0.4 is 5.73 Å². The molecule has 4 heteroatoms. The number of amidine groups is 1. The van der Waals surface area contributed by atoms with Crippen LogP contribution in [0.5, 0.6) is 0 Å². The zero-order chi connectivity index (χ0) is 12.1. The molecular formula is C12H21N3S. The molecule has 0 spiro atoms. The predicted octanol–water partition coefficient (Wildman–Crippen LogP) is 2.53. The lowest BCUT2D eigenvalue weighted by atomic mass is 10.1. The summed E-state index contributed by atoms with van der Waals surface area (Å²) < 4.78 is 0. The van der Waals surface area contributed by atoms with Crippen LogP contribution in [0.4, 0.5) is 0 Å². The van der Waals surface area contributed by atoms with E-state index in [9.17, 15) is 0 Å². The van der Waals surface area contributed by atoms with Gasteiger partial charge in [0.2, 0.25) is 0 Å². The van der Waals surface area contributed by atoms with Gasteiger partial charge >= 0.3 is 0 Å². The topological polar surface area (TPSA) is 53.1 Å². The second-order valence-electron chi connectivity index (χ2n) is 4.46. The van der Waals surface area contributed by atoms with Crippen molar-refractivity contribution in [3.8, 4) is 0 Å². The van der Waals surface area contributed by atoms with Crippen molar-refractivity contribution >= 4 is 17.2 Å². The van der Waals surface area contributed by atoms with Gasteiger partial charge in [-0.3, -0.25) is 10.3 Å². The molecule has 0 aliphatic rings. The molecule has 0 bridgehead atoms. The molecule has 0 radical (unpaired) electrons. The molecule has 3 nitrogen and oxygen atoms in total. The van der Waals surface area contributed by atoms with Gasteiger partial charge in [0.05, 0.1) is 5.84 Å². The Labute approximate surface area is 102 Å². The summed E-state index contributed by atoms with van der Waals surface area (Å²) in [6, 6.07) is 4.70. The monoisotopic (exact) mass is 239 g/mol. The number of hydrogen-bond acceptors (Lipinski definition) is 3. The summed E-state index contributed by atoms with van der Waals surface area (Å²) in [5.74, 6) is 0.402. The van der Waals surface area contributed by atoms with Gasteiger partial charge in [0.15, 0.2) is 0 Å². The first-order chi connectivity index (χ1) is 7.50. The van der Waals surface area contributed by atoms with Crippen LogP contribution in [0.2, 0.25) is 0 Å². The van der Waals surface area contributed by atoms with Gasteiger partial charge in [0.1, 0.15) is 0 Å². The third kappa shape index (κ3) is 3.94. The van der Waals surface area contributed by atoms with Gasteiger partial charge in [0.25, 0.3) is 0 Å². The zero-order valence-electron chi connectivity index (χ0n) is 10.2. The number of nitrogens with two attached hydrogens (primary N) is 1. The zero-order valence-corrected chi connectivity index (χ0v) is 11.1. The molecule has 0 saturated heterocycles. The van der Waals surface area contributed by atoms with E-state index < -0.39 is 0 Å². The lowest BCUT2D eigenvalue weighted by Gasteiger charge is -2.28. The summed E-state index contributed by atoms with van der Waals surface area (Å²) in [5.41, 5.74) is 5.52. The van der Waals surface area contributed by atoms with Crippen LogP contribution in [0, 0.1) is 11.3 Å². The fourth-order valence-electron chi connectivity index (χ4n) is 1.51. The van der Waals surface area contributed by atoms with E-state index in [1.165, 1.54) is 4.88 Å². The first-order valence-electron chi connectivity index (χ1n) is 5.61. The fraction of sp³-hybridized carbons (Fsp3) is 0.583. The second-order valence-corrected chi connectivity index (χ2v) is 5.49. The molecule has 3 N–H and O–H groups in total. The molecule has 16 heavy (non-hydrogen) atoms. The third-order valence-corrected chi connectivity index (χ3v) is 3.57. The molecule has 0 fully saturated rings. The van der Waals surface area contributed by atoms with E-state index in [-0.39, 0.29) is 11.8 Å². The SMILES string of the molecule is CC(CN(Cc1cccs1)C(C)C)C(=N)N. The van der Waals surface area contributed by atoms with E-state index >= 15 is 0 Å². The third-order valence-electron chi connectivity index (χ3n) is 2.71. The van der Waals surface area contributed by atoms with Crippen molar-refractivity contribution in [2.45, 2.75) is 33.4 Å². The maximum absolute atomic E-state index is 7.44. The molecule has 90 valence electrons. The molecular weight excluding hydrogens is 218 g/mol. The minimum Gasteiger partial charge on any atom is -0.387 e. The number of nitrogens with one attached hydrogen (secondary N) is 1. The van der Waals surface area contributed by atoms with Gasteiger partial charge in [-0.05, 0) is 25.3 Å². The van der Waals surface area contributed by atoms with Crippen LogP contribution in [-0.4, -0.2) is 23.3 Å². The van der Waals surface area contributed by atoms with Crippen molar-refractivity contribution in [1.29, 1.82) is 5.41 Å². The van der Waals surface area contributed by atoms with Crippen molar-refractivity contribution in [3.05, 3.63) is 22.4 Å². The molecule has 0 aliphatic heterocycles. The molecule has 1 heterocycles. The van der Waals surface area contributed by atoms with Gasteiger partial charge < -0.3 is 5.73 Å². The van der Waals surface area contributed by atoms with Crippen molar-refractivity contribution in [2.75, 3.05) is 6.54 Å². The Balaban J connectivity index is 2.58. The summed E-state index contributed by atoms with van der Waals surface area (Å²) in [7, 11) is 0. The van der Waals surface area contributed by atoms with Crippen LogP contribution in [0.25, 0.3) is 0 Å². The summed E-state index contributed by atoms with van der Waals surface area (Å²) in [4.78, 5) is 3.72. The van der Waals surface area contributed by atoms with E-state index in [1.807, 2.05) is 6.92 Å². The molecule has 1 aromatic rings. The average molecular weight is 239 g/mol. The van der Waals surface area contributed by atoms with Gasteiger partial charge in [-0.2, -0.15) is 0 Å². The first-order valence-corrected chi connectivity index (χ1v) is 6.49. The van der Waals surface area contributed by atoms with Gasteiger partial charge in [0, 0.05) is 29.9 Å². The fourth-order valence-corrected chi connectivity index (χ4v) is 2.24. The van der Waals surface area contributed by atoms with Gasteiger partial charge in [-0.1, -0.05) is 13.0 Å². The summed E-state index contributed by atoms with van der Waals surface area (Å²) in [6.45, 7) is 8.17. The second kappa shape index (κ2) is 6.01.